The van der Waals surface area contributed by atoms with Crippen LogP contribution in [0.25, 0.3) is 0 Å². The average molecular weight is 257 g/mol. The van der Waals surface area contributed by atoms with Crippen molar-refractivity contribution in [1.82, 2.24) is 0 Å². The van der Waals surface area contributed by atoms with E-state index in [0.29, 0.717) is 5.25 Å². The molecule has 0 aliphatic rings. The van der Waals surface area contributed by atoms with Gasteiger partial charge in [0.25, 0.3) is 0 Å². The summed E-state index contributed by atoms with van der Waals surface area (Å²) in [6, 6.07) is 4.55. The molecule has 16 heavy (non-hydrogen) atoms. The van der Waals surface area contributed by atoms with Crippen molar-refractivity contribution in [3.63, 3.8) is 0 Å². The predicted molar refractivity (Wildman–Crippen MR) is 76.7 cm³/mol. The lowest BCUT2D eigenvalue weighted by Gasteiger charge is -2.14. The predicted octanol–water partition coefficient (Wildman–Crippen LogP) is 4.86. The van der Waals surface area contributed by atoms with E-state index in [9.17, 15) is 0 Å². The minimum absolute atomic E-state index is 0.651. The van der Waals surface area contributed by atoms with Crippen LogP contribution in [0.15, 0.2) is 12.1 Å². The van der Waals surface area contributed by atoms with Crippen molar-refractivity contribution in [2.45, 2.75) is 45.1 Å². The molecular weight excluding hydrogens is 236 g/mol. The van der Waals surface area contributed by atoms with Crippen molar-refractivity contribution in [3.05, 3.63) is 34.4 Å². The van der Waals surface area contributed by atoms with Gasteiger partial charge >= 0.3 is 0 Å². The van der Waals surface area contributed by atoms with E-state index >= 15 is 0 Å². The van der Waals surface area contributed by atoms with Gasteiger partial charge in [0.2, 0.25) is 0 Å². The van der Waals surface area contributed by atoms with Gasteiger partial charge in [0.1, 0.15) is 0 Å². The Kier molecular flexibility index (Phi) is 5.71. The van der Waals surface area contributed by atoms with E-state index in [1.165, 1.54) is 22.3 Å². The zero-order valence-electron chi connectivity index (χ0n) is 10.6. The molecule has 2 heteroatoms. The fourth-order valence-corrected chi connectivity index (χ4v) is 3.55. The fourth-order valence-electron chi connectivity index (χ4n) is 1.90. The van der Waals surface area contributed by atoms with Crippen molar-refractivity contribution < 1.29 is 0 Å². The Hall–Kier alpha value is -0.140. The van der Waals surface area contributed by atoms with Crippen molar-refractivity contribution >= 4 is 23.4 Å². The molecule has 0 N–H and O–H groups in total. The van der Waals surface area contributed by atoms with Crippen LogP contribution in [0.2, 0.25) is 0 Å². The largest absolute Gasteiger partial charge is 0.154 e. The molecule has 1 aromatic rings. The SMILES string of the molecule is Cc1cc(C)c(CSC(C)CCCl)c(C)c1. The molecule has 0 amide bonds. The van der Waals surface area contributed by atoms with Crippen LogP contribution in [0.3, 0.4) is 0 Å². The van der Waals surface area contributed by atoms with Crippen LogP contribution in [0, 0.1) is 20.8 Å². The Morgan fingerprint density at radius 3 is 2.25 bits per heavy atom. The van der Waals surface area contributed by atoms with Crippen molar-refractivity contribution in [2.24, 2.45) is 0 Å². The molecule has 1 unspecified atom stereocenters. The van der Waals surface area contributed by atoms with Gasteiger partial charge in [0.05, 0.1) is 0 Å². The number of alkyl halides is 1. The number of rotatable bonds is 5. The van der Waals surface area contributed by atoms with E-state index in [1.54, 1.807) is 0 Å². The number of hydrogen-bond acceptors (Lipinski definition) is 1. The number of thioether (sulfide) groups is 1. The molecule has 0 fully saturated rings. The van der Waals surface area contributed by atoms with E-state index in [0.717, 1.165) is 18.1 Å². The second-order valence-corrected chi connectivity index (χ2v) is 6.28. The second-order valence-electron chi connectivity index (χ2n) is 4.48. The standard InChI is InChI=1S/C14H21ClS/c1-10-7-11(2)14(12(3)8-10)9-16-13(4)5-6-15/h7-8,13H,5-6,9H2,1-4H3. The molecule has 0 saturated heterocycles. The number of halogens is 1. The number of aryl methyl sites for hydroxylation is 3. The topological polar surface area (TPSA) is 0 Å². The Morgan fingerprint density at radius 1 is 1.19 bits per heavy atom. The first-order valence-electron chi connectivity index (χ1n) is 5.79. The summed E-state index contributed by atoms with van der Waals surface area (Å²) in [6.45, 7) is 8.84. The van der Waals surface area contributed by atoms with Crippen molar-refractivity contribution in [1.29, 1.82) is 0 Å². The van der Waals surface area contributed by atoms with Gasteiger partial charge in [-0.1, -0.05) is 24.6 Å². The van der Waals surface area contributed by atoms with E-state index in [-0.39, 0.29) is 0 Å². The van der Waals surface area contributed by atoms with Crippen LogP contribution < -0.4 is 0 Å². The Bertz CT molecular complexity index is 324. The first-order valence-corrected chi connectivity index (χ1v) is 7.37. The quantitative estimate of drug-likeness (QED) is 0.678. The van der Waals surface area contributed by atoms with E-state index in [1.807, 2.05) is 11.8 Å². The second kappa shape index (κ2) is 6.56. The van der Waals surface area contributed by atoms with Gasteiger partial charge in [-0.3, -0.25) is 0 Å². The molecule has 90 valence electrons. The van der Waals surface area contributed by atoms with Gasteiger partial charge in [0, 0.05) is 16.9 Å². The van der Waals surface area contributed by atoms with Crippen LogP contribution in [-0.2, 0) is 5.75 Å². The summed E-state index contributed by atoms with van der Waals surface area (Å²) in [4.78, 5) is 0. The van der Waals surface area contributed by atoms with Crippen molar-refractivity contribution in [2.75, 3.05) is 5.88 Å². The summed E-state index contributed by atoms with van der Waals surface area (Å²) in [5.41, 5.74) is 5.70. The highest BCUT2D eigenvalue weighted by Crippen LogP contribution is 2.25. The molecule has 0 radical (unpaired) electrons. The molecule has 0 spiro atoms. The van der Waals surface area contributed by atoms with Crippen LogP contribution in [-0.4, -0.2) is 11.1 Å². The average Bonchev–Trinajstić information content (AvgIpc) is 2.16. The van der Waals surface area contributed by atoms with Crippen molar-refractivity contribution in [3.8, 4) is 0 Å². The van der Waals surface area contributed by atoms with Crippen LogP contribution in [0.5, 0.6) is 0 Å². The molecule has 1 aromatic carbocycles. The van der Waals surface area contributed by atoms with Gasteiger partial charge in [0.15, 0.2) is 0 Å². The molecule has 0 aliphatic carbocycles. The maximum absolute atomic E-state index is 5.75. The summed E-state index contributed by atoms with van der Waals surface area (Å²) in [6.07, 6.45) is 1.09. The lowest BCUT2D eigenvalue weighted by molar-refractivity contribution is 0.911. The van der Waals surface area contributed by atoms with E-state index < -0.39 is 0 Å². The Labute approximate surface area is 109 Å². The Morgan fingerprint density at radius 2 is 1.75 bits per heavy atom. The molecular formula is C14H21ClS. The van der Waals surface area contributed by atoms with E-state index in [2.05, 4.69) is 39.8 Å². The fraction of sp³-hybridized carbons (Fsp3) is 0.571. The molecule has 0 heterocycles. The molecule has 0 aromatic heterocycles. The summed E-state index contributed by atoms with van der Waals surface area (Å²) in [5.74, 6) is 1.87. The highest BCUT2D eigenvalue weighted by Gasteiger charge is 2.07. The summed E-state index contributed by atoms with van der Waals surface area (Å²) < 4.78 is 0. The zero-order valence-corrected chi connectivity index (χ0v) is 12.2. The van der Waals surface area contributed by atoms with Crippen LogP contribution in [0.4, 0.5) is 0 Å². The zero-order chi connectivity index (χ0) is 12.1. The Balaban J connectivity index is 2.67. The summed E-state index contributed by atoms with van der Waals surface area (Å²) in [7, 11) is 0. The first kappa shape index (κ1) is 13.9. The third-order valence-corrected chi connectivity index (χ3v) is 4.35. The van der Waals surface area contributed by atoms with E-state index in [4.69, 9.17) is 11.6 Å². The summed E-state index contributed by atoms with van der Waals surface area (Å²) >= 11 is 7.75. The molecule has 0 aliphatic heterocycles. The normalized spacial score (nSPS) is 12.8. The molecule has 1 rings (SSSR count). The molecule has 0 nitrogen and oxygen atoms in total. The lowest BCUT2D eigenvalue weighted by atomic mass is 10.0. The van der Waals surface area contributed by atoms with Gasteiger partial charge in [-0.15, -0.1) is 11.6 Å². The highest BCUT2D eigenvalue weighted by molar-refractivity contribution is 7.99. The maximum Gasteiger partial charge on any atom is 0.0233 e. The number of hydrogen-bond donors (Lipinski definition) is 0. The third kappa shape index (κ3) is 4.03. The number of benzene rings is 1. The van der Waals surface area contributed by atoms with Gasteiger partial charge in [-0.2, -0.15) is 11.8 Å². The monoisotopic (exact) mass is 256 g/mol. The smallest absolute Gasteiger partial charge is 0.0233 e. The summed E-state index contributed by atoms with van der Waals surface area (Å²) in [5, 5.41) is 0.651. The third-order valence-electron chi connectivity index (χ3n) is 2.87. The van der Waals surface area contributed by atoms with Crippen LogP contribution >= 0.6 is 23.4 Å². The molecule has 0 saturated carbocycles. The first-order chi connectivity index (χ1) is 7.54. The lowest BCUT2D eigenvalue weighted by Crippen LogP contribution is -2.00. The van der Waals surface area contributed by atoms with Gasteiger partial charge in [-0.05, 0) is 43.9 Å². The molecule has 0 bridgehead atoms. The molecule has 1 atom stereocenters. The van der Waals surface area contributed by atoms with Crippen LogP contribution in [0.1, 0.15) is 35.6 Å². The minimum Gasteiger partial charge on any atom is -0.154 e. The maximum atomic E-state index is 5.75. The van der Waals surface area contributed by atoms with Gasteiger partial charge in [-0.25, -0.2) is 0 Å². The minimum atomic E-state index is 0.651. The van der Waals surface area contributed by atoms with Gasteiger partial charge < -0.3 is 0 Å². The highest BCUT2D eigenvalue weighted by atomic mass is 35.5.